The molecule has 1 aliphatic rings. The molecule has 0 N–H and O–H groups in total. The largest absolute Gasteiger partial charge is 0.471 e. The van der Waals surface area contributed by atoms with Gasteiger partial charge in [-0.2, -0.15) is 13.2 Å². The molecule has 1 heterocycles. The molecule has 1 aliphatic heterocycles. The maximum atomic E-state index is 13.2. The Labute approximate surface area is 205 Å². The molecule has 9 heteroatoms. The quantitative estimate of drug-likeness (QED) is 0.317. The van der Waals surface area contributed by atoms with E-state index in [2.05, 4.69) is 0 Å². The van der Waals surface area contributed by atoms with Gasteiger partial charge < -0.3 is 9.64 Å². The van der Waals surface area contributed by atoms with Crippen molar-refractivity contribution in [2.75, 3.05) is 24.5 Å². The fourth-order valence-electron chi connectivity index (χ4n) is 3.12. The number of para-hydroxylation sites is 1. The summed E-state index contributed by atoms with van der Waals surface area (Å²) in [5, 5.41) is 0. The molecule has 3 rings (SSSR count). The van der Waals surface area contributed by atoms with E-state index < -0.39 is 18.2 Å². The van der Waals surface area contributed by atoms with Crippen LogP contribution in [0.1, 0.15) is 25.8 Å². The Bertz CT molecular complexity index is 965. The zero-order valence-corrected chi connectivity index (χ0v) is 20.6. The second-order valence-electron chi connectivity index (χ2n) is 6.94. The van der Waals surface area contributed by atoms with Crippen LogP contribution in [0.4, 0.5) is 23.7 Å². The fraction of sp³-hybridized carbons (Fsp3) is 0.333. The van der Waals surface area contributed by atoms with Crippen molar-refractivity contribution >= 4 is 40.3 Å². The van der Waals surface area contributed by atoms with Crippen molar-refractivity contribution in [2.24, 2.45) is 0 Å². The first-order valence-electron chi connectivity index (χ1n) is 10.5. The zero-order valence-electron chi connectivity index (χ0n) is 18.4. The van der Waals surface area contributed by atoms with E-state index in [9.17, 15) is 22.8 Å². The van der Waals surface area contributed by atoms with E-state index in [1.165, 1.54) is 11.0 Å². The predicted molar refractivity (Wildman–Crippen MR) is 130 cm³/mol. The third-order valence-corrected chi connectivity index (χ3v) is 5.67. The Morgan fingerprint density at radius 3 is 2.27 bits per heavy atom. The Morgan fingerprint density at radius 2 is 1.70 bits per heavy atom. The molecule has 0 atom stereocenters. The van der Waals surface area contributed by atoms with Crippen molar-refractivity contribution in [2.45, 2.75) is 33.1 Å². The number of alkyl halides is 3. The number of hydrogen-bond acceptors (Lipinski definition) is 3. The van der Waals surface area contributed by atoms with E-state index in [4.69, 9.17) is 4.74 Å². The average Bonchev–Trinajstić information content (AvgIpc) is 2.83. The summed E-state index contributed by atoms with van der Waals surface area (Å²) in [5.41, 5.74) is 1.73. The lowest BCUT2D eigenvalue weighted by molar-refractivity contribution is -0.170. The van der Waals surface area contributed by atoms with Gasteiger partial charge in [0.05, 0.1) is 5.69 Å². The number of halogens is 4. The summed E-state index contributed by atoms with van der Waals surface area (Å²) in [6.45, 7) is 4.47. The highest BCUT2D eigenvalue weighted by molar-refractivity contribution is 14.1. The summed E-state index contributed by atoms with van der Waals surface area (Å²) in [6, 6.07) is 15.7. The summed E-state index contributed by atoms with van der Waals surface area (Å²) >= 11 is 1.91. The summed E-state index contributed by atoms with van der Waals surface area (Å²) in [4.78, 5) is 26.6. The molecule has 0 saturated carbocycles. The monoisotopic (exact) mass is 574 g/mol. The molecule has 0 aromatic heterocycles. The van der Waals surface area contributed by atoms with Crippen molar-refractivity contribution in [3.63, 3.8) is 0 Å². The van der Waals surface area contributed by atoms with E-state index in [0.717, 1.165) is 10.5 Å². The van der Waals surface area contributed by atoms with Gasteiger partial charge >= 0.3 is 18.2 Å². The number of amides is 2. The first kappa shape index (κ1) is 26.7. The van der Waals surface area contributed by atoms with Gasteiger partial charge in [0.15, 0.2) is 0 Å². The molecule has 5 nitrogen and oxygen atoms in total. The number of ether oxygens (including phenoxy) is 1. The summed E-state index contributed by atoms with van der Waals surface area (Å²) in [5.74, 6) is -1.91. The van der Waals surface area contributed by atoms with Crippen LogP contribution in [0, 0.1) is 3.57 Å². The lowest BCUT2D eigenvalue weighted by atomic mass is 10.1. The van der Waals surface area contributed by atoms with E-state index in [1.54, 1.807) is 24.3 Å². The van der Waals surface area contributed by atoms with Gasteiger partial charge in [-0.15, -0.1) is 0 Å². The lowest BCUT2D eigenvalue weighted by Crippen LogP contribution is -2.44. The third kappa shape index (κ3) is 7.76. The number of benzene rings is 2. The first-order chi connectivity index (χ1) is 15.8. The molecule has 178 valence electrons. The Kier molecular flexibility index (Phi) is 10.2. The van der Waals surface area contributed by atoms with Gasteiger partial charge in [-0.1, -0.05) is 68.0 Å². The van der Waals surface area contributed by atoms with Gasteiger partial charge in [-0.05, 0) is 46.7 Å². The second-order valence-corrected chi connectivity index (χ2v) is 8.10. The van der Waals surface area contributed by atoms with Gasteiger partial charge in [0, 0.05) is 23.2 Å². The van der Waals surface area contributed by atoms with Crippen LogP contribution >= 0.6 is 22.6 Å². The molecule has 0 bridgehead atoms. The maximum Gasteiger partial charge on any atom is 0.471 e. The normalized spacial score (nSPS) is 13.4. The highest BCUT2D eigenvalue weighted by Crippen LogP contribution is 2.29. The lowest BCUT2D eigenvalue weighted by Gasteiger charge is -2.30. The standard InChI is InChI=1S/C22H20F3IN2O3.C2H6/c23-22(24,25)20(29)28(19-9-5-4-8-18(19)26)14-16-10-12-27(13-11-16)21(30)31-15-17-6-2-1-3-7-17;1-2/h1-10H,11-15H2;1-2H3. The molecule has 0 unspecified atom stereocenters. The van der Waals surface area contributed by atoms with Gasteiger partial charge in [0.2, 0.25) is 0 Å². The van der Waals surface area contributed by atoms with Crippen LogP contribution in [0.25, 0.3) is 0 Å². The highest BCUT2D eigenvalue weighted by Gasteiger charge is 2.43. The average molecular weight is 574 g/mol. The molecule has 0 fully saturated rings. The Morgan fingerprint density at radius 1 is 1.06 bits per heavy atom. The second kappa shape index (κ2) is 12.6. The molecule has 0 saturated heterocycles. The van der Waals surface area contributed by atoms with Crippen molar-refractivity contribution in [1.29, 1.82) is 0 Å². The number of carbonyl (C=O) groups excluding carboxylic acids is 2. The van der Waals surface area contributed by atoms with Crippen LogP contribution in [0.5, 0.6) is 0 Å². The smallest absolute Gasteiger partial charge is 0.445 e. The molecule has 2 aromatic rings. The first-order valence-corrected chi connectivity index (χ1v) is 11.6. The summed E-state index contributed by atoms with van der Waals surface area (Å²) < 4.78 is 45.4. The van der Waals surface area contributed by atoms with E-state index >= 15 is 0 Å². The number of nitrogens with zero attached hydrogens (tertiary/aromatic N) is 2. The molecular formula is C24H26F3IN2O3. The van der Waals surface area contributed by atoms with Gasteiger partial charge in [0.25, 0.3) is 0 Å². The van der Waals surface area contributed by atoms with Crippen molar-refractivity contribution in [3.05, 3.63) is 75.4 Å². The fourth-order valence-corrected chi connectivity index (χ4v) is 3.80. The summed E-state index contributed by atoms with van der Waals surface area (Å²) in [6.07, 6.45) is -3.44. The van der Waals surface area contributed by atoms with Crippen molar-refractivity contribution < 1.29 is 27.5 Å². The zero-order chi connectivity index (χ0) is 24.4. The van der Waals surface area contributed by atoms with Crippen molar-refractivity contribution in [1.82, 2.24) is 4.90 Å². The Balaban J connectivity index is 0.00000187. The minimum Gasteiger partial charge on any atom is -0.445 e. The van der Waals surface area contributed by atoms with E-state index in [0.29, 0.717) is 22.1 Å². The van der Waals surface area contributed by atoms with Gasteiger partial charge in [-0.3, -0.25) is 9.69 Å². The van der Waals surface area contributed by atoms with Crippen LogP contribution < -0.4 is 4.90 Å². The minimum absolute atomic E-state index is 0.146. The molecule has 0 spiro atoms. The molecule has 0 aliphatic carbocycles. The molecule has 2 aromatic carbocycles. The van der Waals surface area contributed by atoms with Crippen LogP contribution in [0.2, 0.25) is 0 Å². The van der Waals surface area contributed by atoms with Crippen LogP contribution in [0.3, 0.4) is 0 Å². The van der Waals surface area contributed by atoms with E-state index in [1.807, 2.05) is 66.8 Å². The van der Waals surface area contributed by atoms with Crippen LogP contribution in [-0.2, 0) is 16.1 Å². The van der Waals surface area contributed by atoms with E-state index in [-0.39, 0.29) is 25.4 Å². The predicted octanol–water partition coefficient (Wildman–Crippen LogP) is 6.18. The SMILES string of the molecule is CC.O=C(OCc1ccccc1)N1CC=C(CN(C(=O)C(F)(F)F)c2ccccc2I)CC1. The number of anilines is 1. The van der Waals surface area contributed by atoms with Crippen LogP contribution in [0.15, 0.2) is 66.2 Å². The highest BCUT2D eigenvalue weighted by atomic mass is 127. The Hall–Kier alpha value is -2.56. The number of rotatable bonds is 5. The van der Waals surface area contributed by atoms with Gasteiger partial charge in [0.1, 0.15) is 6.61 Å². The molecule has 2 amide bonds. The number of carbonyl (C=O) groups is 2. The maximum absolute atomic E-state index is 13.2. The van der Waals surface area contributed by atoms with Crippen LogP contribution in [-0.4, -0.2) is 42.7 Å². The topological polar surface area (TPSA) is 49.9 Å². The number of hydrogen-bond donors (Lipinski definition) is 0. The molecular weight excluding hydrogens is 548 g/mol. The molecule has 33 heavy (non-hydrogen) atoms. The van der Waals surface area contributed by atoms with Gasteiger partial charge in [-0.25, -0.2) is 4.79 Å². The third-order valence-electron chi connectivity index (χ3n) is 4.76. The molecule has 0 radical (unpaired) electrons. The minimum atomic E-state index is -4.98. The summed E-state index contributed by atoms with van der Waals surface area (Å²) in [7, 11) is 0. The van der Waals surface area contributed by atoms with Crippen molar-refractivity contribution in [3.8, 4) is 0 Å².